The SMILES string of the molecule is CC[C@@H](C)c1ccc(-n2c(SCCC(C)=O)nc3ccccc3c2=O)cc1. The number of fused-ring (bicyclic) bond motifs is 1. The van der Waals surface area contributed by atoms with E-state index in [1.807, 2.05) is 30.3 Å². The molecule has 0 radical (unpaired) electrons. The molecule has 0 aliphatic heterocycles. The number of benzene rings is 2. The van der Waals surface area contributed by atoms with Crippen molar-refractivity contribution < 1.29 is 4.79 Å². The molecule has 0 unspecified atom stereocenters. The van der Waals surface area contributed by atoms with Crippen LogP contribution in [0.5, 0.6) is 0 Å². The lowest BCUT2D eigenvalue weighted by atomic mass is 9.98. The van der Waals surface area contributed by atoms with Crippen molar-refractivity contribution in [1.82, 2.24) is 9.55 Å². The van der Waals surface area contributed by atoms with Gasteiger partial charge in [-0.2, -0.15) is 0 Å². The van der Waals surface area contributed by atoms with Crippen LogP contribution in [0.15, 0.2) is 58.5 Å². The number of Topliss-reactive ketones (excluding diaryl/α,β-unsaturated/α-hetero) is 1. The fourth-order valence-corrected chi connectivity index (χ4v) is 3.96. The van der Waals surface area contributed by atoms with Crippen LogP contribution in [-0.4, -0.2) is 21.1 Å². The summed E-state index contributed by atoms with van der Waals surface area (Å²) in [4.78, 5) is 29.2. The van der Waals surface area contributed by atoms with E-state index in [-0.39, 0.29) is 11.3 Å². The lowest BCUT2D eigenvalue weighted by Gasteiger charge is -2.15. The molecule has 5 heteroatoms. The Labute approximate surface area is 163 Å². The zero-order valence-electron chi connectivity index (χ0n) is 15.9. The lowest BCUT2D eigenvalue weighted by Crippen LogP contribution is -2.22. The number of carbonyl (C=O) groups is 1. The van der Waals surface area contributed by atoms with Crippen LogP contribution in [0.2, 0.25) is 0 Å². The molecule has 0 aliphatic rings. The standard InChI is InChI=1S/C22H24N2O2S/c1-4-15(2)17-9-11-18(12-10-17)24-21(26)19-7-5-6-8-20(19)23-22(24)27-14-13-16(3)25/h5-12,15H,4,13-14H2,1-3H3/t15-/m1/s1. The number of aromatic nitrogens is 2. The molecule has 1 heterocycles. The number of hydrogen-bond acceptors (Lipinski definition) is 4. The van der Waals surface area contributed by atoms with Crippen LogP contribution in [0.25, 0.3) is 16.6 Å². The van der Waals surface area contributed by atoms with Gasteiger partial charge < -0.3 is 0 Å². The number of para-hydroxylation sites is 1. The summed E-state index contributed by atoms with van der Waals surface area (Å²) < 4.78 is 1.66. The van der Waals surface area contributed by atoms with Crippen molar-refractivity contribution in [2.45, 2.75) is 44.7 Å². The van der Waals surface area contributed by atoms with Gasteiger partial charge in [0, 0.05) is 12.2 Å². The Morgan fingerprint density at radius 2 is 1.85 bits per heavy atom. The average Bonchev–Trinajstić information content (AvgIpc) is 2.67. The second-order valence-electron chi connectivity index (χ2n) is 6.75. The van der Waals surface area contributed by atoms with Crippen LogP contribution in [0.1, 0.15) is 45.1 Å². The molecular weight excluding hydrogens is 356 g/mol. The first-order valence-corrected chi connectivity index (χ1v) is 10.2. The van der Waals surface area contributed by atoms with Crippen LogP contribution < -0.4 is 5.56 Å². The number of hydrogen-bond donors (Lipinski definition) is 0. The summed E-state index contributed by atoms with van der Waals surface area (Å²) in [5.74, 6) is 1.22. The van der Waals surface area contributed by atoms with Crippen LogP contribution in [0.4, 0.5) is 0 Å². The first kappa shape index (κ1) is 19.4. The van der Waals surface area contributed by atoms with Crippen molar-refractivity contribution in [3.8, 4) is 5.69 Å². The predicted molar refractivity (Wildman–Crippen MR) is 112 cm³/mol. The molecule has 0 fully saturated rings. The molecule has 3 rings (SSSR count). The zero-order valence-corrected chi connectivity index (χ0v) is 16.8. The Bertz CT molecular complexity index is 1010. The number of carbonyl (C=O) groups excluding carboxylic acids is 1. The summed E-state index contributed by atoms with van der Waals surface area (Å²) in [6, 6.07) is 15.5. The highest BCUT2D eigenvalue weighted by Gasteiger charge is 2.14. The van der Waals surface area contributed by atoms with E-state index in [1.54, 1.807) is 17.6 Å². The molecule has 4 nitrogen and oxygen atoms in total. The van der Waals surface area contributed by atoms with E-state index in [4.69, 9.17) is 4.98 Å². The molecule has 0 aliphatic carbocycles. The van der Waals surface area contributed by atoms with Gasteiger partial charge >= 0.3 is 0 Å². The van der Waals surface area contributed by atoms with Gasteiger partial charge in [0.15, 0.2) is 5.16 Å². The maximum Gasteiger partial charge on any atom is 0.266 e. The Morgan fingerprint density at radius 1 is 1.15 bits per heavy atom. The van der Waals surface area contributed by atoms with Gasteiger partial charge in [-0.3, -0.25) is 14.2 Å². The summed E-state index contributed by atoms with van der Waals surface area (Å²) in [5, 5.41) is 1.22. The smallest absolute Gasteiger partial charge is 0.266 e. The van der Waals surface area contributed by atoms with Gasteiger partial charge in [0.2, 0.25) is 0 Å². The second-order valence-corrected chi connectivity index (χ2v) is 7.82. The maximum absolute atomic E-state index is 13.2. The summed E-state index contributed by atoms with van der Waals surface area (Å²) in [7, 11) is 0. The molecule has 0 N–H and O–H groups in total. The van der Waals surface area contributed by atoms with Crippen molar-refractivity contribution in [3.63, 3.8) is 0 Å². The highest BCUT2D eigenvalue weighted by atomic mass is 32.2. The molecule has 0 saturated carbocycles. The first-order chi connectivity index (χ1) is 13.0. The van der Waals surface area contributed by atoms with Gasteiger partial charge in [-0.1, -0.05) is 49.9 Å². The van der Waals surface area contributed by atoms with Gasteiger partial charge in [-0.25, -0.2) is 4.98 Å². The number of thioether (sulfide) groups is 1. The van der Waals surface area contributed by atoms with Gasteiger partial charge in [0.1, 0.15) is 5.78 Å². The predicted octanol–water partition coefficient (Wildman–Crippen LogP) is 4.97. The minimum atomic E-state index is -0.0813. The normalized spacial score (nSPS) is 12.3. The van der Waals surface area contributed by atoms with E-state index < -0.39 is 0 Å². The number of nitrogens with zero attached hydrogens (tertiary/aromatic N) is 2. The molecule has 0 bridgehead atoms. The quantitative estimate of drug-likeness (QED) is 0.429. The fraction of sp³-hybridized carbons (Fsp3) is 0.318. The second kappa shape index (κ2) is 8.53. The number of ketones is 1. The third-order valence-corrected chi connectivity index (χ3v) is 5.70. The largest absolute Gasteiger partial charge is 0.300 e. The van der Waals surface area contributed by atoms with Crippen molar-refractivity contribution >= 4 is 28.4 Å². The fourth-order valence-electron chi connectivity index (χ4n) is 2.91. The minimum Gasteiger partial charge on any atom is -0.300 e. The molecule has 3 aromatic rings. The molecule has 0 spiro atoms. The van der Waals surface area contributed by atoms with E-state index >= 15 is 0 Å². The van der Waals surface area contributed by atoms with Crippen LogP contribution in [0, 0.1) is 0 Å². The summed E-state index contributed by atoms with van der Waals surface area (Å²) in [6.07, 6.45) is 1.53. The van der Waals surface area contributed by atoms with Gasteiger partial charge in [0.25, 0.3) is 5.56 Å². The monoisotopic (exact) mass is 380 g/mol. The van der Waals surface area contributed by atoms with E-state index in [1.165, 1.54) is 17.3 Å². The van der Waals surface area contributed by atoms with E-state index in [0.29, 0.717) is 34.2 Å². The van der Waals surface area contributed by atoms with Gasteiger partial charge in [-0.05, 0) is 49.1 Å². The van der Waals surface area contributed by atoms with Crippen molar-refractivity contribution in [2.24, 2.45) is 0 Å². The van der Waals surface area contributed by atoms with Crippen molar-refractivity contribution in [2.75, 3.05) is 5.75 Å². The third-order valence-electron chi connectivity index (χ3n) is 4.76. The molecule has 27 heavy (non-hydrogen) atoms. The summed E-state index contributed by atoms with van der Waals surface area (Å²) in [5.41, 5.74) is 2.66. The topological polar surface area (TPSA) is 52.0 Å². The van der Waals surface area contributed by atoms with E-state index in [0.717, 1.165) is 12.1 Å². The van der Waals surface area contributed by atoms with Crippen molar-refractivity contribution in [1.29, 1.82) is 0 Å². The van der Waals surface area contributed by atoms with Crippen LogP contribution in [-0.2, 0) is 4.79 Å². The Morgan fingerprint density at radius 3 is 2.52 bits per heavy atom. The van der Waals surface area contributed by atoms with Crippen LogP contribution >= 0.6 is 11.8 Å². The summed E-state index contributed by atoms with van der Waals surface area (Å²) >= 11 is 1.45. The van der Waals surface area contributed by atoms with Crippen LogP contribution in [0.3, 0.4) is 0 Å². The third kappa shape index (κ3) is 4.30. The van der Waals surface area contributed by atoms with Gasteiger partial charge in [-0.15, -0.1) is 0 Å². The molecule has 1 aromatic heterocycles. The zero-order chi connectivity index (χ0) is 19.4. The van der Waals surface area contributed by atoms with Gasteiger partial charge in [0.05, 0.1) is 16.6 Å². The molecule has 2 aromatic carbocycles. The maximum atomic E-state index is 13.2. The lowest BCUT2D eigenvalue weighted by molar-refractivity contribution is -0.116. The minimum absolute atomic E-state index is 0.0813. The summed E-state index contributed by atoms with van der Waals surface area (Å²) in [6.45, 7) is 5.94. The Kier molecular flexibility index (Phi) is 6.11. The van der Waals surface area contributed by atoms with E-state index in [9.17, 15) is 9.59 Å². The highest BCUT2D eigenvalue weighted by Crippen LogP contribution is 2.24. The Balaban J connectivity index is 2.09. The number of rotatable bonds is 7. The average molecular weight is 381 g/mol. The van der Waals surface area contributed by atoms with Crippen molar-refractivity contribution in [3.05, 3.63) is 64.4 Å². The molecule has 0 amide bonds. The first-order valence-electron chi connectivity index (χ1n) is 9.25. The van der Waals surface area contributed by atoms with E-state index in [2.05, 4.69) is 26.0 Å². The highest BCUT2D eigenvalue weighted by molar-refractivity contribution is 7.99. The molecular formula is C22H24N2O2S. The molecule has 1 atom stereocenters. The Hall–Kier alpha value is -2.40. The molecule has 0 saturated heterocycles. The molecule has 140 valence electrons.